The first-order valence-corrected chi connectivity index (χ1v) is 21.1. The fraction of sp³-hybridized carbons (Fsp3) is 0.833. The van der Waals surface area contributed by atoms with E-state index in [1.807, 2.05) is 0 Å². The Morgan fingerprint density at radius 3 is 1.22 bits per heavy atom. The normalized spacial score (nSPS) is 45.6. The lowest BCUT2D eigenvalue weighted by molar-refractivity contribution is -0.392. The number of hydrogen-bond acceptors (Lipinski definition) is 28. The van der Waals surface area contributed by atoms with E-state index in [-0.39, 0.29) is 16.5 Å². The van der Waals surface area contributed by atoms with Crippen molar-refractivity contribution in [2.75, 3.05) is 33.0 Å². The van der Waals surface area contributed by atoms with Gasteiger partial charge < -0.3 is 124 Å². The quantitative estimate of drug-likeness (QED) is 0.0227. The zero-order chi connectivity index (χ0) is 49.9. The number of nitrogens with zero attached hydrogens (tertiary/aromatic N) is 4. The van der Waals surface area contributed by atoms with E-state index in [9.17, 15) is 86.7 Å². The van der Waals surface area contributed by atoms with Crippen LogP contribution in [-0.2, 0) is 42.6 Å². The third-order valence-corrected chi connectivity index (χ3v) is 12.1. The van der Waals surface area contributed by atoms with E-state index in [4.69, 9.17) is 64.5 Å². The van der Waals surface area contributed by atoms with E-state index in [2.05, 4.69) is 10.0 Å². The number of aliphatic hydroxyl groups is 15. The monoisotopic (exact) mass is 1010 g/mol. The summed E-state index contributed by atoms with van der Waals surface area (Å²) in [6.45, 7) is -4.42. The third kappa shape index (κ3) is 11.4. The minimum absolute atomic E-state index is 0.211. The average molecular weight is 1010 g/mol. The molecule has 1 aromatic carbocycles. The Kier molecular flexibility index (Phi) is 18.8. The van der Waals surface area contributed by atoms with Crippen molar-refractivity contribution < 1.29 is 129 Å². The number of non-ortho nitro benzene ring substituents is 1. The maximum absolute atomic E-state index is 11.2. The summed E-state index contributed by atoms with van der Waals surface area (Å²) < 4.78 is 55.8. The smallest absolute Gasteiger partial charge is 0.271 e. The number of hydrogen-bond donors (Lipinski definition) is 15. The Labute approximate surface area is 386 Å². The lowest BCUT2D eigenvalue weighted by Gasteiger charge is -2.49. The Morgan fingerprint density at radius 1 is 0.544 bits per heavy atom. The fourth-order valence-corrected chi connectivity index (χ4v) is 8.28. The maximum Gasteiger partial charge on any atom is 0.271 e. The van der Waals surface area contributed by atoms with Crippen LogP contribution in [0.25, 0.3) is 10.4 Å². The first kappa shape index (κ1) is 54.4. The van der Waals surface area contributed by atoms with Crippen LogP contribution in [0.2, 0.25) is 5.02 Å². The van der Waals surface area contributed by atoms with Crippen LogP contribution in [0, 0.1) is 10.1 Å². The van der Waals surface area contributed by atoms with Crippen molar-refractivity contribution in [3.05, 3.63) is 43.8 Å². The molecule has 0 aliphatic carbocycles. The third-order valence-electron chi connectivity index (χ3n) is 11.8. The van der Waals surface area contributed by atoms with Gasteiger partial charge in [0.2, 0.25) is 6.29 Å². The number of azide groups is 1. The zero-order valence-electron chi connectivity index (χ0n) is 35.0. The highest BCUT2D eigenvalue weighted by atomic mass is 35.5. The molecule has 386 valence electrons. The van der Waals surface area contributed by atoms with Gasteiger partial charge in [0.05, 0.1) is 49.0 Å². The average Bonchev–Trinajstić information content (AvgIpc) is 3.32. The topological polar surface area (TPSA) is 488 Å². The number of nitro benzene ring substituents is 1. The molecular formula is C36H53ClN4O27. The van der Waals surface area contributed by atoms with Crippen molar-refractivity contribution in [1.82, 2.24) is 0 Å². The van der Waals surface area contributed by atoms with Gasteiger partial charge in [-0.2, -0.15) is 0 Å². The highest BCUT2D eigenvalue weighted by Gasteiger charge is 2.56. The van der Waals surface area contributed by atoms with Gasteiger partial charge in [-0.25, -0.2) is 0 Å². The molecule has 5 aliphatic rings. The van der Waals surface area contributed by atoms with Crippen LogP contribution in [0.3, 0.4) is 0 Å². The van der Waals surface area contributed by atoms with E-state index in [0.29, 0.717) is 0 Å². The predicted molar refractivity (Wildman–Crippen MR) is 210 cm³/mol. The van der Waals surface area contributed by atoms with Gasteiger partial charge in [0.15, 0.2) is 25.2 Å². The van der Waals surface area contributed by atoms with Gasteiger partial charge in [0.25, 0.3) is 5.69 Å². The second-order valence-electron chi connectivity index (χ2n) is 16.1. The molecule has 68 heavy (non-hydrogen) atoms. The summed E-state index contributed by atoms with van der Waals surface area (Å²) in [6.07, 6.45) is -47.0. The molecule has 31 nitrogen and oxygen atoms in total. The van der Waals surface area contributed by atoms with Crippen molar-refractivity contribution in [3.8, 4) is 5.75 Å². The molecule has 0 saturated carbocycles. The van der Waals surface area contributed by atoms with Gasteiger partial charge in [0, 0.05) is 17.0 Å². The van der Waals surface area contributed by atoms with Gasteiger partial charge in [-0.15, -0.1) is 0 Å². The molecule has 0 bridgehead atoms. The van der Waals surface area contributed by atoms with Crippen LogP contribution in [0.5, 0.6) is 5.75 Å². The van der Waals surface area contributed by atoms with Crippen LogP contribution >= 0.6 is 11.6 Å². The van der Waals surface area contributed by atoms with Crippen LogP contribution in [0.15, 0.2) is 23.3 Å². The number of ether oxygens (including phenoxy) is 10. The highest BCUT2D eigenvalue weighted by molar-refractivity contribution is 6.32. The van der Waals surface area contributed by atoms with E-state index in [1.54, 1.807) is 0 Å². The fourth-order valence-electron chi connectivity index (χ4n) is 8.06. The standard InChI is InChI=1S/C36H53ClN4O27/c37-10-3-9(41(57)58)1-2-11(10)59-32-24(53)19(48)28(13(5-42)61-32)66-34-26(55)21(50)30(15(7-44)63-34)68-36-27(56)22(51)31(16(8-45)64-36)67-35-25(54)20(49)29(14(6-43)62-35)65-33-23(52)18(47)17(46)12(60-33)4-39-40-38/h1-3,12-36,42-56H,4-8H2/t12-,13-,14-,15-,16-,17-,18+,19-,20-,21-,22-,23-,24-,25-,26-,27-,28-,29-,30-,31-,32-,33-,34-,35-,36-/m1/s1. The van der Waals surface area contributed by atoms with E-state index < -0.39 is 191 Å². The van der Waals surface area contributed by atoms with E-state index >= 15 is 0 Å². The Balaban J connectivity index is 1.07. The van der Waals surface area contributed by atoms with E-state index in [0.717, 1.165) is 18.2 Å². The van der Waals surface area contributed by atoms with Crippen molar-refractivity contribution in [3.63, 3.8) is 0 Å². The Bertz CT molecular complexity index is 1860. The number of nitro groups is 1. The number of benzene rings is 1. The summed E-state index contributed by atoms with van der Waals surface area (Å²) in [5.74, 6) is -0.211. The van der Waals surface area contributed by atoms with Gasteiger partial charge in [-0.1, -0.05) is 16.7 Å². The minimum Gasteiger partial charge on any atom is -0.460 e. The molecule has 5 saturated heterocycles. The van der Waals surface area contributed by atoms with Crippen LogP contribution < -0.4 is 4.74 Å². The Morgan fingerprint density at radius 2 is 0.882 bits per heavy atom. The molecular weight excluding hydrogens is 956 g/mol. The summed E-state index contributed by atoms with van der Waals surface area (Å²) in [4.78, 5) is 12.9. The molecule has 0 unspecified atom stereocenters. The second-order valence-corrected chi connectivity index (χ2v) is 16.6. The lowest BCUT2D eigenvalue weighted by atomic mass is 9.95. The first-order chi connectivity index (χ1) is 32.3. The molecule has 0 amide bonds. The molecule has 0 aromatic heterocycles. The maximum atomic E-state index is 11.2. The first-order valence-electron chi connectivity index (χ1n) is 20.7. The van der Waals surface area contributed by atoms with Crippen molar-refractivity contribution in [2.45, 2.75) is 154 Å². The number of halogens is 1. The second kappa shape index (κ2) is 23.5. The Hall–Kier alpha value is -2.94. The predicted octanol–water partition coefficient (Wildman–Crippen LogP) is -7.96. The molecule has 15 N–H and O–H groups in total. The highest BCUT2D eigenvalue weighted by Crippen LogP contribution is 2.37. The molecule has 6 rings (SSSR count). The molecule has 5 aliphatic heterocycles. The molecule has 25 atom stereocenters. The minimum atomic E-state index is -2.17. The molecule has 5 fully saturated rings. The number of rotatable bonds is 17. The lowest BCUT2D eigenvalue weighted by Crippen LogP contribution is -2.68. The molecule has 5 heterocycles. The van der Waals surface area contributed by atoms with Crippen molar-refractivity contribution >= 4 is 17.3 Å². The largest absolute Gasteiger partial charge is 0.460 e. The SMILES string of the molecule is [N-]=[N+]=NC[C@H]1O[C@H](O[C@H]2[C@H](O)[C@@H](O)[C@@H](O[C@H]3[C@H](O)[C@@H](O)[C@@H](O[C@H]4[C@H](O)[C@@H](O)[C@@H](O[C@H]5[C@H](O)[C@@H](O)[C@H](Oc6ccc([N+](=O)[O-])cc6Cl)O[C@@H]5CO)O[C@@H]4CO)O[C@@H]3CO)O[C@@H]2CO)[C@H](O)[C@@H](O)[C@@H]1O. The summed E-state index contributed by atoms with van der Waals surface area (Å²) in [7, 11) is 0. The van der Waals surface area contributed by atoms with Crippen LogP contribution in [-0.4, -0.2) is 268 Å². The van der Waals surface area contributed by atoms with Gasteiger partial charge in [0.1, 0.15) is 122 Å². The molecule has 1 aromatic rings. The van der Waals surface area contributed by atoms with Gasteiger partial charge >= 0.3 is 0 Å². The summed E-state index contributed by atoms with van der Waals surface area (Å²) >= 11 is 6.06. The van der Waals surface area contributed by atoms with Crippen molar-refractivity contribution in [1.29, 1.82) is 0 Å². The summed E-state index contributed by atoms with van der Waals surface area (Å²) in [6, 6.07) is 3.08. The van der Waals surface area contributed by atoms with Gasteiger partial charge in [-0.05, 0) is 11.6 Å². The summed E-state index contributed by atoms with van der Waals surface area (Å²) in [5.41, 5.74) is 8.25. The molecule has 0 spiro atoms. The zero-order valence-corrected chi connectivity index (χ0v) is 35.7. The van der Waals surface area contributed by atoms with Gasteiger partial charge in [-0.3, -0.25) is 10.1 Å². The summed E-state index contributed by atoms with van der Waals surface area (Å²) in [5, 5.41) is 174. The molecule has 32 heteroatoms. The number of aliphatic hydroxyl groups excluding tert-OH is 15. The van der Waals surface area contributed by atoms with Crippen LogP contribution in [0.4, 0.5) is 5.69 Å². The van der Waals surface area contributed by atoms with E-state index in [1.165, 1.54) is 0 Å². The van der Waals surface area contributed by atoms with Crippen LogP contribution in [0.1, 0.15) is 0 Å². The molecule has 0 radical (unpaired) electrons. The van der Waals surface area contributed by atoms with Crippen molar-refractivity contribution in [2.24, 2.45) is 5.11 Å².